The van der Waals surface area contributed by atoms with E-state index in [9.17, 15) is 14.4 Å². The van der Waals surface area contributed by atoms with Crippen molar-refractivity contribution >= 4 is 30.0 Å². The van der Waals surface area contributed by atoms with E-state index < -0.39 is 5.91 Å². The number of benzene rings is 2. The Balaban J connectivity index is 0.000000234. The molecule has 0 bridgehead atoms. The lowest BCUT2D eigenvalue weighted by Crippen LogP contribution is -2.48. The van der Waals surface area contributed by atoms with Crippen LogP contribution in [0.3, 0.4) is 0 Å². The molecule has 2 aromatic rings. The van der Waals surface area contributed by atoms with Gasteiger partial charge in [-0.1, -0.05) is 30.3 Å². The van der Waals surface area contributed by atoms with Crippen LogP contribution in [0.25, 0.3) is 0 Å². The summed E-state index contributed by atoms with van der Waals surface area (Å²) in [5.74, 6) is 0.850. The summed E-state index contributed by atoms with van der Waals surface area (Å²) in [7, 11) is 0. The molecular weight excluding hydrogens is 398 g/mol. The summed E-state index contributed by atoms with van der Waals surface area (Å²) in [6.45, 7) is 2.35. The third-order valence-electron chi connectivity index (χ3n) is 5.17. The zero-order valence-corrected chi connectivity index (χ0v) is 17.7. The Hall–Kier alpha value is -2.80. The van der Waals surface area contributed by atoms with Crippen LogP contribution in [0.15, 0.2) is 59.5 Å². The Labute approximate surface area is 181 Å². The Morgan fingerprint density at radius 2 is 1.60 bits per heavy atom. The lowest BCUT2D eigenvalue weighted by atomic mass is 10.1. The SMILES string of the molecule is NC(=O)c1ccc(SCC(=O)N2CCN(C=O)CC2)cc1.c1ccc(C2CC2)cc1. The highest BCUT2D eigenvalue weighted by Crippen LogP contribution is 2.39. The molecule has 3 amide bonds. The predicted octanol–water partition coefficient (Wildman–Crippen LogP) is 2.74. The first-order valence-corrected chi connectivity index (χ1v) is 11.1. The van der Waals surface area contributed by atoms with Gasteiger partial charge in [0.2, 0.25) is 18.2 Å². The van der Waals surface area contributed by atoms with Crippen molar-refractivity contribution in [3.63, 3.8) is 0 Å². The van der Waals surface area contributed by atoms with Gasteiger partial charge in [-0.05, 0) is 48.6 Å². The number of amides is 3. The fraction of sp³-hybridized carbons (Fsp3) is 0.348. The molecule has 0 spiro atoms. The quantitative estimate of drug-likeness (QED) is 0.570. The van der Waals surface area contributed by atoms with Gasteiger partial charge in [0.05, 0.1) is 5.75 Å². The highest BCUT2D eigenvalue weighted by molar-refractivity contribution is 8.00. The summed E-state index contributed by atoms with van der Waals surface area (Å²) in [4.78, 5) is 38.0. The molecule has 0 unspecified atom stereocenters. The number of carbonyl (C=O) groups is 3. The number of nitrogens with two attached hydrogens (primary N) is 1. The average Bonchev–Trinajstić information content (AvgIpc) is 3.64. The normalized spacial score (nSPS) is 15.7. The fourth-order valence-electron chi connectivity index (χ4n) is 3.17. The van der Waals surface area contributed by atoms with Crippen LogP contribution in [0, 0.1) is 0 Å². The van der Waals surface area contributed by atoms with Gasteiger partial charge in [0.1, 0.15) is 0 Å². The van der Waals surface area contributed by atoms with Crippen molar-refractivity contribution < 1.29 is 14.4 Å². The molecule has 7 heteroatoms. The van der Waals surface area contributed by atoms with Crippen LogP contribution in [0.5, 0.6) is 0 Å². The molecular formula is C23H27N3O3S. The minimum atomic E-state index is -0.462. The maximum atomic E-state index is 12.1. The van der Waals surface area contributed by atoms with Gasteiger partial charge < -0.3 is 15.5 Å². The van der Waals surface area contributed by atoms with E-state index in [4.69, 9.17) is 5.73 Å². The van der Waals surface area contributed by atoms with E-state index >= 15 is 0 Å². The largest absolute Gasteiger partial charge is 0.366 e. The number of carbonyl (C=O) groups excluding carboxylic acids is 3. The van der Waals surface area contributed by atoms with E-state index in [0.29, 0.717) is 37.5 Å². The van der Waals surface area contributed by atoms with Crippen LogP contribution in [-0.2, 0) is 9.59 Å². The van der Waals surface area contributed by atoms with Gasteiger partial charge in [0.25, 0.3) is 0 Å². The number of nitrogens with zero attached hydrogens (tertiary/aromatic N) is 2. The number of rotatable bonds is 6. The molecule has 0 atom stereocenters. The van der Waals surface area contributed by atoms with Crippen molar-refractivity contribution in [1.82, 2.24) is 9.80 Å². The summed E-state index contributed by atoms with van der Waals surface area (Å²) in [5, 5.41) is 0. The molecule has 2 aromatic carbocycles. The minimum Gasteiger partial charge on any atom is -0.366 e. The molecule has 30 heavy (non-hydrogen) atoms. The molecule has 1 saturated carbocycles. The fourth-order valence-corrected chi connectivity index (χ4v) is 3.97. The molecule has 0 aromatic heterocycles. The van der Waals surface area contributed by atoms with Crippen molar-refractivity contribution in [1.29, 1.82) is 0 Å². The van der Waals surface area contributed by atoms with Gasteiger partial charge in [0, 0.05) is 36.6 Å². The van der Waals surface area contributed by atoms with Crippen LogP contribution >= 0.6 is 11.8 Å². The van der Waals surface area contributed by atoms with Crippen LogP contribution in [0.4, 0.5) is 0 Å². The molecule has 1 aliphatic heterocycles. The second-order valence-electron chi connectivity index (χ2n) is 7.38. The Kier molecular flexibility index (Phi) is 7.90. The molecule has 2 fully saturated rings. The van der Waals surface area contributed by atoms with Gasteiger partial charge in [-0.3, -0.25) is 14.4 Å². The lowest BCUT2D eigenvalue weighted by Gasteiger charge is -2.32. The van der Waals surface area contributed by atoms with E-state index in [2.05, 4.69) is 30.3 Å². The molecule has 2 aliphatic rings. The van der Waals surface area contributed by atoms with Crippen LogP contribution in [-0.4, -0.2) is 60.0 Å². The topological polar surface area (TPSA) is 83.7 Å². The van der Waals surface area contributed by atoms with E-state index in [1.54, 1.807) is 34.1 Å². The standard InChI is InChI=1S/C14H17N3O3S.C9H10/c15-14(20)11-1-3-12(4-2-11)21-9-13(19)17-7-5-16(10-18)6-8-17;1-2-4-8(5-3-1)9-6-7-9/h1-4,10H,5-9H2,(H2,15,20);1-5,9H,6-7H2. The molecule has 0 radical (unpaired) electrons. The van der Waals surface area contributed by atoms with E-state index in [1.165, 1.54) is 30.2 Å². The maximum absolute atomic E-state index is 12.1. The summed E-state index contributed by atoms with van der Waals surface area (Å²) in [6.07, 6.45) is 3.63. The molecule has 158 valence electrons. The zero-order valence-electron chi connectivity index (χ0n) is 16.9. The third kappa shape index (κ3) is 6.62. The van der Waals surface area contributed by atoms with Crippen molar-refractivity contribution in [3.05, 3.63) is 65.7 Å². The monoisotopic (exact) mass is 425 g/mol. The first-order valence-electron chi connectivity index (χ1n) is 10.1. The van der Waals surface area contributed by atoms with Crippen molar-refractivity contribution in [3.8, 4) is 0 Å². The van der Waals surface area contributed by atoms with Crippen molar-refractivity contribution in [2.75, 3.05) is 31.9 Å². The van der Waals surface area contributed by atoms with Crippen LogP contribution in [0.1, 0.15) is 34.7 Å². The van der Waals surface area contributed by atoms with Crippen molar-refractivity contribution in [2.45, 2.75) is 23.7 Å². The average molecular weight is 426 g/mol. The molecule has 1 heterocycles. The number of hydrogen-bond acceptors (Lipinski definition) is 4. The maximum Gasteiger partial charge on any atom is 0.248 e. The summed E-state index contributed by atoms with van der Waals surface area (Å²) < 4.78 is 0. The van der Waals surface area contributed by atoms with Crippen LogP contribution in [0.2, 0.25) is 0 Å². The van der Waals surface area contributed by atoms with E-state index in [-0.39, 0.29) is 5.91 Å². The minimum absolute atomic E-state index is 0.0597. The molecule has 1 aliphatic carbocycles. The van der Waals surface area contributed by atoms with Gasteiger partial charge in [-0.15, -0.1) is 11.8 Å². The van der Waals surface area contributed by atoms with Crippen LogP contribution < -0.4 is 5.73 Å². The Bertz CT molecular complexity index is 846. The smallest absolute Gasteiger partial charge is 0.248 e. The third-order valence-corrected chi connectivity index (χ3v) is 6.16. The first kappa shape index (κ1) is 21.9. The van der Waals surface area contributed by atoms with Gasteiger partial charge in [-0.2, -0.15) is 0 Å². The van der Waals surface area contributed by atoms with E-state index in [0.717, 1.165) is 17.2 Å². The zero-order chi connectivity index (χ0) is 21.3. The number of primary amides is 1. The predicted molar refractivity (Wildman–Crippen MR) is 118 cm³/mol. The molecule has 2 N–H and O–H groups in total. The molecule has 6 nitrogen and oxygen atoms in total. The highest BCUT2D eigenvalue weighted by Gasteiger charge is 2.22. The second-order valence-corrected chi connectivity index (χ2v) is 8.43. The van der Waals surface area contributed by atoms with Gasteiger partial charge >= 0.3 is 0 Å². The number of hydrogen-bond donors (Lipinski definition) is 1. The lowest BCUT2D eigenvalue weighted by molar-refractivity contribution is -0.132. The molecule has 4 rings (SSSR count). The summed E-state index contributed by atoms with van der Waals surface area (Å²) in [6, 6.07) is 17.6. The summed E-state index contributed by atoms with van der Waals surface area (Å²) >= 11 is 1.42. The second kappa shape index (κ2) is 10.8. The van der Waals surface area contributed by atoms with Crippen molar-refractivity contribution in [2.24, 2.45) is 5.73 Å². The number of thioether (sulfide) groups is 1. The highest BCUT2D eigenvalue weighted by atomic mass is 32.2. The van der Waals surface area contributed by atoms with E-state index in [1.807, 2.05) is 0 Å². The Morgan fingerprint density at radius 3 is 2.13 bits per heavy atom. The van der Waals surface area contributed by atoms with Gasteiger partial charge in [0.15, 0.2) is 0 Å². The Morgan fingerprint density at radius 1 is 0.967 bits per heavy atom. The molecule has 1 saturated heterocycles. The first-order chi connectivity index (χ1) is 14.6. The summed E-state index contributed by atoms with van der Waals surface area (Å²) in [5.41, 5.74) is 7.15. The van der Waals surface area contributed by atoms with Gasteiger partial charge in [-0.25, -0.2) is 0 Å². The number of piperazine rings is 1.